The molecule has 1 saturated heterocycles. The van der Waals surface area contributed by atoms with Crippen LogP contribution in [0, 0.1) is 11.3 Å². The summed E-state index contributed by atoms with van der Waals surface area (Å²) >= 11 is 5.91. The van der Waals surface area contributed by atoms with E-state index in [4.69, 9.17) is 22.6 Å². The smallest absolute Gasteiger partial charge is 0.245 e. The average molecular weight is 286 g/mol. The van der Waals surface area contributed by atoms with Crippen molar-refractivity contribution in [2.45, 2.75) is 23.9 Å². The monoisotopic (exact) mass is 285 g/mol. The molecule has 1 aliphatic rings. The van der Waals surface area contributed by atoms with Crippen LogP contribution in [0.2, 0.25) is 5.02 Å². The van der Waals surface area contributed by atoms with Gasteiger partial charge >= 0.3 is 0 Å². The highest BCUT2D eigenvalue weighted by Gasteiger charge is 2.34. The first-order chi connectivity index (χ1) is 8.46. The van der Waals surface area contributed by atoms with Gasteiger partial charge in [-0.15, -0.1) is 0 Å². The highest BCUT2D eigenvalue weighted by molar-refractivity contribution is 7.89. The number of halogens is 1. The maximum absolute atomic E-state index is 12.4. The van der Waals surface area contributed by atoms with Crippen molar-refractivity contribution in [2.24, 2.45) is 5.73 Å². The number of nitrogens with zero attached hydrogens (tertiary/aromatic N) is 2. The average Bonchev–Trinajstić information content (AvgIpc) is 2.76. The lowest BCUT2D eigenvalue weighted by atomic mass is 10.2. The van der Waals surface area contributed by atoms with Gasteiger partial charge in [0.15, 0.2) is 0 Å². The molecular formula is C11H12ClN3O2S. The number of hydrogen-bond acceptors (Lipinski definition) is 4. The number of nitrogens with two attached hydrogens (primary N) is 1. The summed E-state index contributed by atoms with van der Waals surface area (Å²) in [4.78, 5) is -0.0550. The Morgan fingerprint density at radius 1 is 1.50 bits per heavy atom. The third-order valence-electron chi connectivity index (χ3n) is 2.90. The highest BCUT2D eigenvalue weighted by Crippen LogP contribution is 2.29. The van der Waals surface area contributed by atoms with E-state index in [1.807, 2.05) is 6.07 Å². The minimum atomic E-state index is -3.73. The Hall–Kier alpha value is -1.13. The molecular weight excluding hydrogens is 274 g/mol. The van der Waals surface area contributed by atoms with E-state index in [1.165, 1.54) is 22.5 Å². The summed E-state index contributed by atoms with van der Waals surface area (Å²) < 4.78 is 26.0. The first-order valence-electron chi connectivity index (χ1n) is 5.44. The standard InChI is InChI=1S/C11H12ClN3O2S/c12-9-4-3-8(7-13)6-10(9)18(16,17)15-5-1-2-11(15)14/h3-4,6,11H,1-2,5,14H2. The fraction of sp³-hybridized carbons (Fsp3) is 0.364. The summed E-state index contributed by atoms with van der Waals surface area (Å²) in [6.07, 6.45) is 0.849. The number of rotatable bonds is 2. The molecule has 0 amide bonds. The normalized spacial score (nSPS) is 20.8. The highest BCUT2D eigenvalue weighted by atomic mass is 35.5. The number of sulfonamides is 1. The lowest BCUT2D eigenvalue weighted by molar-refractivity contribution is 0.396. The van der Waals surface area contributed by atoms with E-state index < -0.39 is 16.2 Å². The van der Waals surface area contributed by atoms with Crippen molar-refractivity contribution in [3.63, 3.8) is 0 Å². The Morgan fingerprint density at radius 2 is 2.22 bits per heavy atom. The molecule has 0 spiro atoms. The Bertz CT molecular complexity index is 609. The van der Waals surface area contributed by atoms with Crippen molar-refractivity contribution in [1.82, 2.24) is 4.31 Å². The van der Waals surface area contributed by atoms with E-state index in [0.29, 0.717) is 13.0 Å². The van der Waals surface area contributed by atoms with Crippen LogP contribution in [0.4, 0.5) is 0 Å². The molecule has 1 aromatic rings. The van der Waals surface area contributed by atoms with Gasteiger partial charge in [0.05, 0.1) is 22.8 Å². The van der Waals surface area contributed by atoms with Crippen LogP contribution >= 0.6 is 11.6 Å². The van der Waals surface area contributed by atoms with Crippen molar-refractivity contribution in [3.8, 4) is 6.07 Å². The van der Waals surface area contributed by atoms with Gasteiger partial charge in [-0.05, 0) is 31.0 Å². The van der Waals surface area contributed by atoms with E-state index >= 15 is 0 Å². The molecule has 1 aliphatic heterocycles. The number of hydrogen-bond donors (Lipinski definition) is 1. The van der Waals surface area contributed by atoms with Crippen molar-refractivity contribution >= 4 is 21.6 Å². The molecule has 0 saturated carbocycles. The third kappa shape index (κ3) is 2.22. The zero-order valence-electron chi connectivity index (χ0n) is 9.51. The third-order valence-corrected chi connectivity index (χ3v) is 5.30. The molecule has 0 aromatic heterocycles. The molecule has 0 aliphatic carbocycles. The second-order valence-electron chi connectivity index (χ2n) is 4.08. The molecule has 0 radical (unpaired) electrons. The van der Waals surface area contributed by atoms with E-state index in [1.54, 1.807) is 0 Å². The molecule has 1 heterocycles. The molecule has 0 bridgehead atoms. The van der Waals surface area contributed by atoms with Crippen LogP contribution in [0.5, 0.6) is 0 Å². The lowest BCUT2D eigenvalue weighted by Gasteiger charge is -2.21. The van der Waals surface area contributed by atoms with E-state index in [-0.39, 0.29) is 15.5 Å². The summed E-state index contributed by atoms with van der Waals surface area (Å²) in [5.74, 6) is 0. The van der Waals surface area contributed by atoms with Gasteiger partial charge in [0, 0.05) is 6.54 Å². The molecule has 2 N–H and O–H groups in total. The second-order valence-corrected chi connectivity index (χ2v) is 6.35. The maximum Gasteiger partial charge on any atom is 0.245 e. The zero-order valence-corrected chi connectivity index (χ0v) is 11.1. The summed E-state index contributed by atoms with van der Waals surface area (Å²) in [6, 6.07) is 6.06. The van der Waals surface area contributed by atoms with E-state index in [9.17, 15) is 8.42 Å². The minimum Gasteiger partial charge on any atom is -0.315 e. The van der Waals surface area contributed by atoms with Gasteiger partial charge in [-0.3, -0.25) is 0 Å². The summed E-state index contributed by atoms with van der Waals surface area (Å²) in [5.41, 5.74) is 6.02. The van der Waals surface area contributed by atoms with Crippen LogP contribution in [-0.4, -0.2) is 25.4 Å². The largest absolute Gasteiger partial charge is 0.315 e. The van der Waals surface area contributed by atoms with Gasteiger partial charge in [-0.25, -0.2) is 8.42 Å². The van der Waals surface area contributed by atoms with Crippen LogP contribution < -0.4 is 5.73 Å². The zero-order chi connectivity index (χ0) is 13.3. The van der Waals surface area contributed by atoms with Gasteiger partial charge < -0.3 is 5.73 Å². The van der Waals surface area contributed by atoms with E-state index in [2.05, 4.69) is 0 Å². The van der Waals surface area contributed by atoms with Gasteiger partial charge in [0.1, 0.15) is 4.90 Å². The Labute approximate surface area is 111 Å². The molecule has 5 nitrogen and oxygen atoms in total. The summed E-state index contributed by atoms with van der Waals surface area (Å²) in [5, 5.41) is 8.91. The molecule has 1 fully saturated rings. The van der Waals surface area contributed by atoms with Gasteiger partial charge in [0.2, 0.25) is 10.0 Å². The van der Waals surface area contributed by atoms with Gasteiger partial charge in [-0.2, -0.15) is 9.57 Å². The topological polar surface area (TPSA) is 87.2 Å². The first kappa shape index (κ1) is 13.3. The number of benzene rings is 1. The molecule has 1 unspecified atom stereocenters. The summed E-state index contributed by atoms with van der Waals surface area (Å²) in [6.45, 7) is 0.386. The van der Waals surface area contributed by atoms with Crippen LogP contribution in [0.1, 0.15) is 18.4 Å². The quantitative estimate of drug-likeness (QED) is 0.887. The van der Waals surface area contributed by atoms with Gasteiger partial charge in [0.25, 0.3) is 0 Å². The summed E-state index contributed by atoms with van der Waals surface area (Å²) in [7, 11) is -3.73. The van der Waals surface area contributed by atoms with Crippen molar-refractivity contribution < 1.29 is 8.42 Å². The Kier molecular flexibility index (Phi) is 3.59. The van der Waals surface area contributed by atoms with Crippen LogP contribution in [-0.2, 0) is 10.0 Å². The van der Waals surface area contributed by atoms with Crippen LogP contribution in [0.15, 0.2) is 23.1 Å². The lowest BCUT2D eigenvalue weighted by Crippen LogP contribution is -2.41. The molecule has 96 valence electrons. The first-order valence-corrected chi connectivity index (χ1v) is 7.25. The van der Waals surface area contributed by atoms with Crippen LogP contribution in [0.3, 0.4) is 0 Å². The SMILES string of the molecule is N#Cc1ccc(Cl)c(S(=O)(=O)N2CCCC2N)c1. The number of nitriles is 1. The van der Waals surface area contributed by atoms with Crippen LogP contribution in [0.25, 0.3) is 0 Å². The second kappa shape index (κ2) is 4.86. The molecule has 7 heteroatoms. The molecule has 1 aromatic carbocycles. The van der Waals surface area contributed by atoms with Gasteiger partial charge in [-0.1, -0.05) is 11.6 Å². The fourth-order valence-electron chi connectivity index (χ4n) is 1.96. The Morgan fingerprint density at radius 3 is 2.78 bits per heavy atom. The predicted molar refractivity (Wildman–Crippen MR) is 67.3 cm³/mol. The van der Waals surface area contributed by atoms with E-state index in [0.717, 1.165) is 6.42 Å². The minimum absolute atomic E-state index is 0.0550. The van der Waals surface area contributed by atoms with Crippen molar-refractivity contribution in [1.29, 1.82) is 5.26 Å². The van der Waals surface area contributed by atoms with Crippen molar-refractivity contribution in [3.05, 3.63) is 28.8 Å². The maximum atomic E-state index is 12.4. The predicted octanol–water partition coefficient (Wildman–Crippen LogP) is 1.28. The molecule has 2 rings (SSSR count). The Balaban J connectivity index is 2.51. The molecule has 1 atom stereocenters. The molecule has 18 heavy (non-hydrogen) atoms. The fourth-order valence-corrected chi connectivity index (χ4v) is 4.05. The van der Waals surface area contributed by atoms with Crippen molar-refractivity contribution in [2.75, 3.05) is 6.54 Å².